The van der Waals surface area contributed by atoms with E-state index < -0.39 is 41.0 Å². The van der Waals surface area contributed by atoms with Crippen LogP contribution < -0.4 is 16.0 Å². The zero-order chi connectivity index (χ0) is 22.7. The van der Waals surface area contributed by atoms with Crippen molar-refractivity contribution in [3.05, 3.63) is 0 Å². The fourth-order valence-electron chi connectivity index (χ4n) is 2.39. The van der Waals surface area contributed by atoms with E-state index in [4.69, 9.17) is 5.11 Å². The Balaban J connectivity index is 4.43. The second-order valence-corrected chi connectivity index (χ2v) is 9.17. The molecule has 0 radical (unpaired) electrons. The number of Topliss-reactive ketones (excluding diaryl/α,β-unsaturated/α-hetero) is 1. The normalized spacial score (nSPS) is 14.1. The van der Waals surface area contributed by atoms with Crippen molar-refractivity contribution in [2.45, 2.75) is 77.0 Å². The van der Waals surface area contributed by atoms with Crippen LogP contribution in [0.2, 0.25) is 0 Å². The Morgan fingerprint density at radius 2 is 1.45 bits per heavy atom. The average Bonchev–Trinajstić information content (AvgIpc) is 2.59. The summed E-state index contributed by atoms with van der Waals surface area (Å²) in [6.45, 7) is 10.3. The average molecular weight is 432 g/mol. The van der Waals surface area contributed by atoms with E-state index in [1.54, 1.807) is 20.8 Å². The summed E-state index contributed by atoms with van der Waals surface area (Å²) in [5.74, 6) is -2.74. The van der Waals surface area contributed by atoms with Crippen LogP contribution in [0.3, 0.4) is 0 Å². The number of carboxylic acid groups (broad SMARTS) is 1. The molecule has 0 saturated heterocycles. The number of rotatable bonds is 13. The monoisotopic (exact) mass is 431 g/mol. The number of thioether (sulfide) groups is 1. The van der Waals surface area contributed by atoms with Crippen molar-refractivity contribution in [1.82, 2.24) is 16.0 Å². The molecular formula is C19H33N3O6S. The van der Waals surface area contributed by atoms with Crippen molar-refractivity contribution < 1.29 is 29.1 Å². The zero-order valence-electron chi connectivity index (χ0n) is 17.9. The van der Waals surface area contributed by atoms with Gasteiger partial charge in [0.1, 0.15) is 6.04 Å². The second-order valence-electron chi connectivity index (χ2n) is 7.39. The molecule has 0 aromatic heterocycles. The Labute approximate surface area is 176 Å². The first kappa shape index (κ1) is 26.9. The number of nitrogens with one attached hydrogen (secondary N) is 3. The molecule has 0 aliphatic heterocycles. The Hall–Kier alpha value is -2.10. The van der Waals surface area contributed by atoms with Crippen LogP contribution in [0.5, 0.6) is 0 Å². The molecule has 0 aliphatic carbocycles. The number of hydrogen-bond acceptors (Lipinski definition) is 6. The first-order chi connectivity index (χ1) is 13.3. The Bertz CT molecular complexity index is 609. The molecule has 0 heterocycles. The molecule has 29 heavy (non-hydrogen) atoms. The highest BCUT2D eigenvalue weighted by atomic mass is 32.2. The minimum absolute atomic E-state index is 0.0238. The molecular weight excluding hydrogens is 398 g/mol. The van der Waals surface area contributed by atoms with Gasteiger partial charge < -0.3 is 21.1 Å². The van der Waals surface area contributed by atoms with Crippen LogP contribution in [0.15, 0.2) is 0 Å². The molecule has 10 heteroatoms. The van der Waals surface area contributed by atoms with Crippen molar-refractivity contribution in [3.63, 3.8) is 0 Å². The van der Waals surface area contributed by atoms with Gasteiger partial charge in [-0.15, -0.1) is 11.8 Å². The van der Waals surface area contributed by atoms with Gasteiger partial charge >= 0.3 is 5.97 Å². The van der Waals surface area contributed by atoms with Crippen molar-refractivity contribution in [3.8, 4) is 0 Å². The molecule has 0 aromatic carbocycles. The molecule has 9 nitrogen and oxygen atoms in total. The van der Waals surface area contributed by atoms with E-state index in [9.17, 15) is 24.0 Å². The zero-order valence-corrected chi connectivity index (χ0v) is 18.7. The molecule has 3 amide bonds. The van der Waals surface area contributed by atoms with Gasteiger partial charge in [-0.05, 0) is 19.1 Å². The third-order valence-corrected chi connectivity index (χ3v) is 5.12. The minimum Gasteiger partial charge on any atom is -0.481 e. The van der Waals surface area contributed by atoms with Crippen LogP contribution >= 0.6 is 11.8 Å². The van der Waals surface area contributed by atoms with Crippen molar-refractivity contribution in [2.24, 2.45) is 5.92 Å². The lowest BCUT2D eigenvalue weighted by Crippen LogP contribution is -2.50. The molecule has 0 saturated carbocycles. The van der Waals surface area contributed by atoms with Crippen LogP contribution in [-0.2, 0) is 24.0 Å². The lowest BCUT2D eigenvalue weighted by Gasteiger charge is -2.19. The summed E-state index contributed by atoms with van der Waals surface area (Å²) >= 11 is 1.25. The highest BCUT2D eigenvalue weighted by Crippen LogP contribution is 2.20. The van der Waals surface area contributed by atoms with Gasteiger partial charge in [0, 0.05) is 18.9 Å². The van der Waals surface area contributed by atoms with Crippen LogP contribution in [0, 0.1) is 5.92 Å². The molecule has 0 fully saturated rings. The summed E-state index contributed by atoms with van der Waals surface area (Å²) in [5, 5.41) is 15.9. The van der Waals surface area contributed by atoms with Crippen LogP contribution in [-0.4, -0.2) is 63.7 Å². The quantitative estimate of drug-likeness (QED) is 0.336. The maximum atomic E-state index is 12.1. The van der Waals surface area contributed by atoms with Gasteiger partial charge in [-0.1, -0.05) is 27.7 Å². The van der Waals surface area contributed by atoms with Gasteiger partial charge in [0.15, 0.2) is 5.78 Å². The highest BCUT2D eigenvalue weighted by Gasteiger charge is 2.24. The maximum Gasteiger partial charge on any atom is 0.305 e. The Kier molecular flexibility index (Phi) is 12.2. The fraction of sp³-hybridized carbons (Fsp3) is 0.737. The van der Waals surface area contributed by atoms with E-state index in [1.807, 2.05) is 13.8 Å². The van der Waals surface area contributed by atoms with E-state index in [-0.39, 0.29) is 36.3 Å². The number of carboxylic acids is 1. The van der Waals surface area contributed by atoms with Crippen molar-refractivity contribution in [1.29, 1.82) is 0 Å². The topological polar surface area (TPSA) is 142 Å². The standard InChI is InChI=1S/C19H33N3O6S/c1-10(2)17(26)12(5)22-18(27)13(6)21-15(23)7-8-20-19(28)14(9-16(24)25)29-11(3)4/h10-14H,7-9H2,1-6H3,(H,20,28)(H,21,23)(H,22,27)(H,24,25)/t12-,13-,14?/m0/s1. The number of ketones is 1. The van der Waals surface area contributed by atoms with Crippen LogP contribution in [0.4, 0.5) is 0 Å². The van der Waals surface area contributed by atoms with Gasteiger partial charge in [0.05, 0.1) is 17.7 Å². The first-order valence-corrected chi connectivity index (χ1v) is 10.6. The third kappa shape index (κ3) is 11.5. The van der Waals surface area contributed by atoms with Gasteiger partial charge in [0.25, 0.3) is 0 Å². The van der Waals surface area contributed by atoms with Crippen molar-refractivity contribution in [2.75, 3.05) is 6.54 Å². The van der Waals surface area contributed by atoms with E-state index in [1.165, 1.54) is 18.7 Å². The summed E-state index contributed by atoms with van der Waals surface area (Å²) < 4.78 is 0. The summed E-state index contributed by atoms with van der Waals surface area (Å²) in [6.07, 6.45) is -0.360. The molecule has 0 rings (SSSR count). The largest absolute Gasteiger partial charge is 0.481 e. The van der Waals surface area contributed by atoms with Crippen LogP contribution in [0.1, 0.15) is 54.4 Å². The summed E-state index contributed by atoms with van der Waals surface area (Å²) in [4.78, 5) is 59.0. The Morgan fingerprint density at radius 3 is 1.93 bits per heavy atom. The van der Waals surface area contributed by atoms with Gasteiger partial charge in [0.2, 0.25) is 17.7 Å². The van der Waals surface area contributed by atoms with Crippen molar-refractivity contribution >= 4 is 41.2 Å². The third-order valence-electron chi connectivity index (χ3n) is 3.87. The number of aliphatic carboxylic acids is 1. The summed E-state index contributed by atoms with van der Waals surface area (Å²) in [7, 11) is 0. The molecule has 0 bridgehead atoms. The lowest BCUT2D eigenvalue weighted by atomic mass is 10.0. The first-order valence-electron chi connectivity index (χ1n) is 9.63. The van der Waals surface area contributed by atoms with Gasteiger partial charge in [-0.2, -0.15) is 0 Å². The van der Waals surface area contributed by atoms with E-state index in [0.29, 0.717) is 0 Å². The minimum atomic E-state index is -1.07. The molecule has 0 spiro atoms. The predicted octanol–water partition coefficient (Wildman–Crippen LogP) is 0.712. The van der Waals surface area contributed by atoms with E-state index in [2.05, 4.69) is 16.0 Å². The molecule has 4 N–H and O–H groups in total. The van der Waals surface area contributed by atoms with Gasteiger partial charge in [-0.3, -0.25) is 24.0 Å². The molecule has 3 atom stereocenters. The lowest BCUT2D eigenvalue weighted by molar-refractivity contribution is -0.138. The number of carbonyl (C=O) groups excluding carboxylic acids is 4. The SMILES string of the molecule is CC(C)SC(CC(=O)O)C(=O)NCCC(=O)N[C@@H](C)C(=O)N[C@@H](C)C(=O)C(C)C. The number of amides is 3. The predicted molar refractivity (Wildman–Crippen MR) is 111 cm³/mol. The van der Waals surface area contributed by atoms with E-state index >= 15 is 0 Å². The molecule has 1 unspecified atom stereocenters. The fourth-order valence-corrected chi connectivity index (χ4v) is 3.49. The van der Waals surface area contributed by atoms with Gasteiger partial charge in [-0.25, -0.2) is 0 Å². The summed E-state index contributed by atoms with van der Waals surface area (Å²) in [6, 6.07) is -1.48. The highest BCUT2D eigenvalue weighted by molar-refractivity contribution is 8.01. The Morgan fingerprint density at radius 1 is 0.862 bits per heavy atom. The second kappa shape index (κ2) is 13.2. The van der Waals surface area contributed by atoms with E-state index in [0.717, 1.165) is 0 Å². The number of hydrogen-bond donors (Lipinski definition) is 4. The summed E-state index contributed by atoms with van der Waals surface area (Å²) in [5.41, 5.74) is 0. The van der Waals surface area contributed by atoms with Crippen LogP contribution in [0.25, 0.3) is 0 Å². The maximum absolute atomic E-state index is 12.1. The molecule has 0 aromatic rings. The smallest absolute Gasteiger partial charge is 0.305 e. The number of carbonyl (C=O) groups is 5. The molecule has 166 valence electrons. The molecule has 0 aliphatic rings.